The van der Waals surface area contributed by atoms with Crippen LogP contribution in [0.1, 0.15) is 12.5 Å². The maximum atomic E-state index is 13.8. The Kier molecular flexibility index (Phi) is 4.71. The molecule has 4 aromatic rings. The monoisotopic (exact) mass is 386 g/mol. The molecule has 3 heterocycles. The lowest BCUT2D eigenvalue weighted by Gasteiger charge is -2.24. The first-order chi connectivity index (χ1) is 14.1. The fourth-order valence-electron chi connectivity index (χ4n) is 3.13. The summed E-state index contributed by atoms with van der Waals surface area (Å²) in [7, 11) is 0. The molecule has 0 radical (unpaired) electrons. The minimum Gasteiger partial charge on any atom is -0.492 e. The van der Waals surface area contributed by atoms with Gasteiger partial charge in [0, 0.05) is 23.7 Å². The molecular weight excluding hydrogens is 371 g/mol. The van der Waals surface area contributed by atoms with Crippen LogP contribution < -0.4 is 4.90 Å². The summed E-state index contributed by atoms with van der Waals surface area (Å²) >= 11 is 0. The molecule has 1 N–H and O–H groups in total. The van der Waals surface area contributed by atoms with E-state index in [2.05, 4.69) is 15.0 Å². The van der Waals surface area contributed by atoms with Crippen LogP contribution >= 0.6 is 0 Å². The zero-order valence-electron chi connectivity index (χ0n) is 15.4. The molecule has 0 saturated carbocycles. The van der Waals surface area contributed by atoms with E-state index in [0.29, 0.717) is 34.5 Å². The van der Waals surface area contributed by atoms with Crippen molar-refractivity contribution >= 4 is 22.5 Å². The van der Waals surface area contributed by atoms with E-state index in [-0.39, 0.29) is 17.2 Å². The summed E-state index contributed by atoms with van der Waals surface area (Å²) in [4.78, 5) is 18.7. The molecule has 0 aliphatic rings. The van der Waals surface area contributed by atoms with Crippen molar-refractivity contribution in [2.75, 3.05) is 11.4 Å². The van der Waals surface area contributed by atoms with Gasteiger partial charge in [-0.15, -0.1) is 0 Å². The molecule has 0 bridgehead atoms. The molecule has 0 fully saturated rings. The molecular formula is C21H15FN6O. The highest BCUT2D eigenvalue weighted by atomic mass is 19.1. The number of nitriles is 1. The van der Waals surface area contributed by atoms with Gasteiger partial charge in [0.05, 0.1) is 11.2 Å². The standard InChI is InChI=1S/C21H15FN6O/c1-2-28(19-16(11-23)21(29)26-12-25-19)20-15(18-5-3-4-8-24-18)10-13-9-14(22)6-7-17(13)27-20/h3-10,12H,2H2,1H3,(H,25,26,29). The third-order valence-corrected chi connectivity index (χ3v) is 4.44. The van der Waals surface area contributed by atoms with Crippen molar-refractivity contribution in [2.24, 2.45) is 0 Å². The second-order valence-corrected chi connectivity index (χ2v) is 6.16. The fraction of sp³-hybridized carbons (Fsp3) is 0.0952. The summed E-state index contributed by atoms with van der Waals surface area (Å²) in [5.74, 6) is -0.0504. The molecule has 0 aliphatic heterocycles. The highest BCUT2D eigenvalue weighted by Gasteiger charge is 2.22. The van der Waals surface area contributed by atoms with E-state index < -0.39 is 5.88 Å². The molecule has 7 nitrogen and oxygen atoms in total. The summed E-state index contributed by atoms with van der Waals surface area (Å²) in [6.07, 6.45) is 2.84. The van der Waals surface area contributed by atoms with Gasteiger partial charge < -0.3 is 10.0 Å². The first-order valence-electron chi connectivity index (χ1n) is 8.85. The lowest BCUT2D eigenvalue weighted by Crippen LogP contribution is -2.21. The van der Waals surface area contributed by atoms with E-state index in [9.17, 15) is 14.8 Å². The molecule has 0 aliphatic carbocycles. The molecule has 0 spiro atoms. The number of nitrogens with zero attached hydrogens (tertiary/aromatic N) is 6. The molecule has 0 amide bonds. The Hall–Kier alpha value is -4.12. The number of aromatic nitrogens is 4. The molecule has 0 saturated heterocycles. The van der Waals surface area contributed by atoms with E-state index >= 15 is 0 Å². The molecule has 0 unspecified atom stereocenters. The zero-order valence-corrected chi connectivity index (χ0v) is 15.4. The van der Waals surface area contributed by atoms with Crippen molar-refractivity contribution in [3.63, 3.8) is 0 Å². The molecule has 4 rings (SSSR count). The Bertz CT molecular complexity index is 1240. The van der Waals surface area contributed by atoms with E-state index in [1.807, 2.05) is 25.1 Å². The number of anilines is 2. The number of pyridine rings is 2. The Morgan fingerprint density at radius 3 is 2.69 bits per heavy atom. The Morgan fingerprint density at radius 1 is 1.10 bits per heavy atom. The average Bonchev–Trinajstić information content (AvgIpc) is 2.74. The first kappa shape index (κ1) is 18.3. The van der Waals surface area contributed by atoms with Gasteiger partial charge in [-0.3, -0.25) is 4.98 Å². The number of hydrogen-bond donors (Lipinski definition) is 1. The number of aromatic hydroxyl groups is 1. The summed E-state index contributed by atoms with van der Waals surface area (Å²) < 4.78 is 13.8. The van der Waals surface area contributed by atoms with Gasteiger partial charge in [0.25, 0.3) is 0 Å². The van der Waals surface area contributed by atoms with Gasteiger partial charge >= 0.3 is 0 Å². The van der Waals surface area contributed by atoms with Gasteiger partial charge in [0.15, 0.2) is 11.4 Å². The van der Waals surface area contributed by atoms with Crippen LogP contribution in [0.4, 0.5) is 16.0 Å². The van der Waals surface area contributed by atoms with Gasteiger partial charge in [-0.1, -0.05) is 6.07 Å². The molecule has 1 aromatic carbocycles. The fourth-order valence-corrected chi connectivity index (χ4v) is 3.13. The van der Waals surface area contributed by atoms with Crippen molar-refractivity contribution < 1.29 is 9.50 Å². The second kappa shape index (κ2) is 7.48. The highest BCUT2D eigenvalue weighted by Crippen LogP contribution is 2.36. The normalized spacial score (nSPS) is 10.7. The van der Waals surface area contributed by atoms with Crippen LogP contribution in [0.2, 0.25) is 0 Å². The van der Waals surface area contributed by atoms with Crippen molar-refractivity contribution in [1.29, 1.82) is 5.26 Å². The Balaban J connectivity index is 2.02. The number of hydrogen-bond acceptors (Lipinski definition) is 7. The number of halogens is 1. The van der Waals surface area contributed by atoms with E-state index in [1.165, 1.54) is 18.5 Å². The molecule has 0 atom stereocenters. The van der Waals surface area contributed by atoms with Gasteiger partial charge in [-0.05, 0) is 43.3 Å². The largest absolute Gasteiger partial charge is 0.492 e. The van der Waals surface area contributed by atoms with Gasteiger partial charge in [0.2, 0.25) is 5.88 Å². The minimum absolute atomic E-state index is 0.0534. The summed E-state index contributed by atoms with van der Waals surface area (Å²) in [5, 5.41) is 20.1. The maximum Gasteiger partial charge on any atom is 0.234 e. The third-order valence-electron chi connectivity index (χ3n) is 4.44. The maximum absolute atomic E-state index is 13.8. The van der Waals surface area contributed by atoms with E-state index in [4.69, 9.17) is 4.98 Å². The van der Waals surface area contributed by atoms with Gasteiger partial charge in [-0.25, -0.2) is 19.3 Å². The van der Waals surface area contributed by atoms with Crippen LogP contribution in [0.15, 0.2) is 55.0 Å². The topological polar surface area (TPSA) is 98.8 Å². The molecule has 142 valence electrons. The van der Waals surface area contributed by atoms with Crippen LogP contribution in [0.5, 0.6) is 5.88 Å². The predicted molar refractivity (Wildman–Crippen MR) is 106 cm³/mol. The van der Waals surface area contributed by atoms with Gasteiger partial charge in [0.1, 0.15) is 24.0 Å². The second-order valence-electron chi connectivity index (χ2n) is 6.16. The highest BCUT2D eigenvalue weighted by molar-refractivity contribution is 5.90. The number of benzene rings is 1. The average molecular weight is 386 g/mol. The summed E-state index contributed by atoms with van der Waals surface area (Å²) in [6.45, 7) is 2.28. The van der Waals surface area contributed by atoms with E-state index in [0.717, 1.165) is 0 Å². The Morgan fingerprint density at radius 2 is 1.97 bits per heavy atom. The van der Waals surface area contributed by atoms with Crippen LogP contribution in [0.3, 0.4) is 0 Å². The van der Waals surface area contributed by atoms with E-state index in [1.54, 1.807) is 29.3 Å². The molecule has 29 heavy (non-hydrogen) atoms. The summed E-state index contributed by atoms with van der Waals surface area (Å²) in [6, 6.07) is 13.5. The Labute approximate surface area is 165 Å². The van der Waals surface area contributed by atoms with Crippen molar-refractivity contribution in [3.05, 3.63) is 66.4 Å². The van der Waals surface area contributed by atoms with Gasteiger partial charge in [-0.2, -0.15) is 5.26 Å². The lowest BCUT2D eigenvalue weighted by atomic mass is 10.1. The van der Waals surface area contributed by atoms with Crippen LogP contribution in [-0.4, -0.2) is 31.6 Å². The zero-order chi connectivity index (χ0) is 20.4. The quantitative estimate of drug-likeness (QED) is 0.567. The minimum atomic E-state index is -0.404. The molecule has 3 aromatic heterocycles. The van der Waals surface area contributed by atoms with Crippen LogP contribution in [-0.2, 0) is 0 Å². The van der Waals surface area contributed by atoms with Crippen molar-refractivity contribution in [3.8, 4) is 23.2 Å². The van der Waals surface area contributed by atoms with Crippen molar-refractivity contribution in [1.82, 2.24) is 19.9 Å². The van der Waals surface area contributed by atoms with Crippen molar-refractivity contribution in [2.45, 2.75) is 6.92 Å². The lowest BCUT2D eigenvalue weighted by molar-refractivity contribution is 0.450. The van der Waals surface area contributed by atoms with Crippen LogP contribution in [0, 0.1) is 17.1 Å². The first-order valence-corrected chi connectivity index (χ1v) is 8.85. The summed E-state index contributed by atoms with van der Waals surface area (Å²) in [5.41, 5.74) is 1.81. The predicted octanol–water partition coefficient (Wildman–Crippen LogP) is 3.96. The smallest absolute Gasteiger partial charge is 0.234 e. The van der Waals surface area contributed by atoms with Crippen LogP contribution in [0.25, 0.3) is 22.2 Å². The number of rotatable bonds is 4. The number of fused-ring (bicyclic) bond motifs is 1. The third kappa shape index (κ3) is 3.30. The SMILES string of the molecule is CCN(c1nc2ccc(F)cc2cc1-c1ccccn1)c1ncnc(O)c1C#N. The molecule has 8 heteroatoms.